The van der Waals surface area contributed by atoms with E-state index in [0.717, 1.165) is 35.0 Å². The van der Waals surface area contributed by atoms with E-state index in [4.69, 9.17) is 5.73 Å². The molecule has 0 bridgehead atoms. The summed E-state index contributed by atoms with van der Waals surface area (Å²) < 4.78 is 1.81. The summed E-state index contributed by atoms with van der Waals surface area (Å²) in [6.45, 7) is 0. The summed E-state index contributed by atoms with van der Waals surface area (Å²) >= 11 is 0. The topological polar surface area (TPSA) is 56.7 Å². The predicted octanol–water partition coefficient (Wildman–Crippen LogP) is 3.58. The molecule has 3 rings (SSSR count). The molecule has 0 atom stereocenters. The average molecular weight is 284 g/mol. The summed E-state index contributed by atoms with van der Waals surface area (Å²) in [6, 6.07) is 4.04. The number of hydrogen-bond donors (Lipinski definition) is 1. The molecule has 112 valence electrons. The van der Waals surface area contributed by atoms with Gasteiger partial charge in [-0.25, -0.2) is 0 Å². The van der Waals surface area contributed by atoms with E-state index >= 15 is 0 Å². The number of nitrogen functional groups attached to an aromatic ring is 1. The lowest BCUT2D eigenvalue weighted by atomic mass is 9.92. The summed E-state index contributed by atoms with van der Waals surface area (Å²) in [7, 11) is 1.93. The molecule has 1 saturated carbocycles. The van der Waals surface area contributed by atoms with Crippen LogP contribution < -0.4 is 5.73 Å². The van der Waals surface area contributed by atoms with E-state index in [2.05, 4.69) is 10.1 Å². The van der Waals surface area contributed by atoms with Crippen molar-refractivity contribution in [2.24, 2.45) is 13.0 Å². The Bertz CT molecular complexity index is 580. The number of anilines is 1. The lowest BCUT2D eigenvalue weighted by Crippen LogP contribution is -2.05. The van der Waals surface area contributed by atoms with Gasteiger partial charge in [0.05, 0.1) is 5.69 Å². The van der Waals surface area contributed by atoms with Crippen molar-refractivity contribution < 1.29 is 0 Å². The van der Waals surface area contributed by atoms with Crippen molar-refractivity contribution >= 4 is 5.82 Å². The first-order valence-corrected chi connectivity index (χ1v) is 7.97. The Labute approximate surface area is 126 Å². The Kier molecular flexibility index (Phi) is 4.23. The summed E-state index contributed by atoms with van der Waals surface area (Å²) in [5.74, 6) is 1.51. The van der Waals surface area contributed by atoms with Gasteiger partial charge in [0.2, 0.25) is 0 Å². The van der Waals surface area contributed by atoms with Gasteiger partial charge >= 0.3 is 0 Å². The maximum Gasteiger partial charge on any atom is 0.129 e. The normalized spacial score (nSPS) is 16.8. The van der Waals surface area contributed by atoms with Gasteiger partial charge in [-0.05, 0) is 30.0 Å². The molecule has 2 aromatic heterocycles. The first-order chi connectivity index (χ1) is 10.3. The Morgan fingerprint density at radius 1 is 1.14 bits per heavy atom. The van der Waals surface area contributed by atoms with E-state index in [1.807, 2.05) is 36.3 Å². The Hall–Kier alpha value is -1.84. The lowest BCUT2D eigenvalue weighted by molar-refractivity contribution is 0.451. The molecule has 2 aromatic rings. The lowest BCUT2D eigenvalue weighted by Gasteiger charge is -2.13. The number of hydrogen-bond acceptors (Lipinski definition) is 3. The molecular formula is C17H24N4. The third-order valence-corrected chi connectivity index (χ3v) is 4.59. The molecular weight excluding hydrogens is 260 g/mol. The molecule has 0 spiro atoms. The van der Waals surface area contributed by atoms with Crippen LogP contribution in [0.3, 0.4) is 0 Å². The Morgan fingerprint density at radius 3 is 2.48 bits per heavy atom. The third-order valence-electron chi connectivity index (χ3n) is 4.59. The van der Waals surface area contributed by atoms with Crippen LogP contribution in [-0.2, 0) is 13.5 Å². The highest BCUT2D eigenvalue weighted by Crippen LogP contribution is 2.33. The third kappa shape index (κ3) is 3.09. The van der Waals surface area contributed by atoms with E-state index in [1.54, 1.807) is 0 Å². The van der Waals surface area contributed by atoms with Gasteiger partial charge in [-0.3, -0.25) is 9.67 Å². The Balaban J connectivity index is 1.89. The highest BCUT2D eigenvalue weighted by atomic mass is 15.3. The molecule has 0 amide bonds. The van der Waals surface area contributed by atoms with Crippen molar-refractivity contribution in [2.45, 2.75) is 44.9 Å². The second-order valence-corrected chi connectivity index (χ2v) is 6.13. The van der Waals surface area contributed by atoms with Crippen molar-refractivity contribution in [3.05, 3.63) is 30.2 Å². The van der Waals surface area contributed by atoms with Crippen molar-refractivity contribution in [1.29, 1.82) is 0 Å². The SMILES string of the molecule is Cn1nc(CC2CCCCCC2)c(-c2ccncc2)c1N. The number of aryl methyl sites for hydroxylation is 1. The quantitative estimate of drug-likeness (QED) is 0.876. The van der Waals surface area contributed by atoms with Gasteiger partial charge in [-0.2, -0.15) is 5.10 Å². The fourth-order valence-corrected chi connectivity index (χ4v) is 3.41. The summed E-state index contributed by atoms with van der Waals surface area (Å²) in [6.07, 6.45) is 12.8. The van der Waals surface area contributed by atoms with Crippen LogP contribution in [-0.4, -0.2) is 14.8 Å². The fourth-order valence-electron chi connectivity index (χ4n) is 3.41. The van der Waals surface area contributed by atoms with Crippen LogP contribution in [0, 0.1) is 5.92 Å². The van der Waals surface area contributed by atoms with Crippen molar-refractivity contribution in [3.63, 3.8) is 0 Å². The number of aromatic nitrogens is 3. The van der Waals surface area contributed by atoms with Gasteiger partial charge in [-0.1, -0.05) is 38.5 Å². The van der Waals surface area contributed by atoms with Crippen LogP contribution in [0.15, 0.2) is 24.5 Å². The molecule has 4 nitrogen and oxygen atoms in total. The molecule has 0 saturated heterocycles. The first kappa shape index (κ1) is 14.1. The van der Waals surface area contributed by atoms with Gasteiger partial charge < -0.3 is 5.73 Å². The first-order valence-electron chi connectivity index (χ1n) is 7.97. The van der Waals surface area contributed by atoms with Crippen LogP contribution in [0.4, 0.5) is 5.82 Å². The summed E-state index contributed by atoms with van der Waals surface area (Å²) in [5.41, 5.74) is 9.62. The minimum Gasteiger partial charge on any atom is -0.383 e. The molecule has 4 heteroatoms. The Morgan fingerprint density at radius 2 is 1.81 bits per heavy atom. The molecule has 0 unspecified atom stereocenters. The van der Waals surface area contributed by atoms with Crippen molar-refractivity contribution in [2.75, 3.05) is 5.73 Å². The molecule has 0 aromatic carbocycles. The number of nitrogens with two attached hydrogens (primary N) is 1. The molecule has 21 heavy (non-hydrogen) atoms. The zero-order chi connectivity index (χ0) is 14.7. The van der Waals surface area contributed by atoms with E-state index in [0.29, 0.717) is 0 Å². The summed E-state index contributed by atoms with van der Waals surface area (Å²) in [4.78, 5) is 4.10. The van der Waals surface area contributed by atoms with Gasteiger partial charge in [-0.15, -0.1) is 0 Å². The molecule has 0 aliphatic heterocycles. The molecule has 2 heterocycles. The zero-order valence-corrected chi connectivity index (χ0v) is 12.8. The fraction of sp³-hybridized carbons (Fsp3) is 0.529. The molecule has 1 aliphatic carbocycles. The smallest absolute Gasteiger partial charge is 0.129 e. The number of nitrogens with zero attached hydrogens (tertiary/aromatic N) is 3. The highest BCUT2D eigenvalue weighted by Gasteiger charge is 2.20. The van der Waals surface area contributed by atoms with Crippen LogP contribution >= 0.6 is 0 Å². The van der Waals surface area contributed by atoms with Crippen molar-refractivity contribution in [1.82, 2.24) is 14.8 Å². The molecule has 1 aliphatic rings. The largest absolute Gasteiger partial charge is 0.383 e. The van der Waals surface area contributed by atoms with E-state index in [9.17, 15) is 0 Å². The highest BCUT2D eigenvalue weighted by molar-refractivity contribution is 5.76. The second kappa shape index (κ2) is 6.29. The van der Waals surface area contributed by atoms with Crippen LogP contribution in [0.1, 0.15) is 44.2 Å². The maximum absolute atomic E-state index is 6.25. The zero-order valence-electron chi connectivity index (χ0n) is 12.8. The van der Waals surface area contributed by atoms with Crippen molar-refractivity contribution in [3.8, 4) is 11.1 Å². The standard InChI is InChI=1S/C17H24N4/c1-21-17(18)16(14-8-10-19-11-9-14)15(20-21)12-13-6-4-2-3-5-7-13/h8-11,13H,2-7,12,18H2,1H3. The van der Waals surface area contributed by atoms with Gasteiger partial charge in [0.25, 0.3) is 0 Å². The summed E-state index contributed by atoms with van der Waals surface area (Å²) in [5, 5.41) is 4.68. The minimum absolute atomic E-state index is 0.752. The van der Waals surface area contributed by atoms with E-state index in [-0.39, 0.29) is 0 Å². The maximum atomic E-state index is 6.25. The monoisotopic (exact) mass is 284 g/mol. The van der Waals surface area contributed by atoms with E-state index < -0.39 is 0 Å². The molecule has 0 radical (unpaired) electrons. The van der Waals surface area contributed by atoms with Crippen LogP contribution in [0.25, 0.3) is 11.1 Å². The van der Waals surface area contributed by atoms with Gasteiger partial charge in [0, 0.05) is 25.0 Å². The minimum atomic E-state index is 0.752. The average Bonchev–Trinajstić information content (AvgIpc) is 2.69. The molecule has 2 N–H and O–H groups in total. The predicted molar refractivity (Wildman–Crippen MR) is 85.7 cm³/mol. The number of pyridine rings is 1. The number of rotatable bonds is 3. The van der Waals surface area contributed by atoms with Gasteiger partial charge in [0.1, 0.15) is 5.82 Å². The van der Waals surface area contributed by atoms with Crippen LogP contribution in [0.2, 0.25) is 0 Å². The van der Waals surface area contributed by atoms with Crippen LogP contribution in [0.5, 0.6) is 0 Å². The van der Waals surface area contributed by atoms with Gasteiger partial charge in [0.15, 0.2) is 0 Å². The molecule has 1 fully saturated rings. The second-order valence-electron chi connectivity index (χ2n) is 6.13. The van der Waals surface area contributed by atoms with E-state index in [1.165, 1.54) is 38.5 Å².